The zero-order valence-electron chi connectivity index (χ0n) is 13.9. The molecule has 1 N–H and O–H groups in total. The molecule has 1 aliphatic rings. The number of rotatable bonds is 5. The molecule has 0 spiro atoms. The summed E-state index contributed by atoms with van der Waals surface area (Å²) in [7, 11) is 2.18. The van der Waals surface area contributed by atoms with E-state index in [-0.39, 0.29) is 5.91 Å². The van der Waals surface area contributed by atoms with Crippen molar-refractivity contribution in [1.82, 2.24) is 4.90 Å². The van der Waals surface area contributed by atoms with Gasteiger partial charge in [0, 0.05) is 18.3 Å². The third-order valence-electron chi connectivity index (χ3n) is 4.68. The third-order valence-corrected chi connectivity index (χ3v) is 5.11. The van der Waals surface area contributed by atoms with E-state index in [9.17, 15) is 4.79 Å². The van der Waals surface area contributed by atoms with Gasteiger partial charge in [-0.15, -0.1) is 0 Å². The molecule has 0 atom stereocenters. The molecule has 1 heterocycles. The maximum atomic E-state index is 12.3. The van der Waals surface area contributed by atoms with Crippen LogP contribution in [0.3, 0.4) is 0 Å². The summed E-state index contributed by atoms with van der Waals surface area (Å²) in [5.74, 6) is 0.0748. The van der Waals surface area contributed by atoms with Gasteiger partial charge in [-0.25, -0.2) is 0 Å². The molecule has 3 rings (SSSR count). The SMILES string of the molecule is CN(Cc1ccccc1NC(=O)c1ccc(Br)o1)C1CCCCC1. The van der Waals surface area contributed by atoms with Gasteiger partial charge in [0.25, 0.3) is 5.91 Å². The predicted molar refractivity (Wildman–Crippen MR) is 99.1 cm³/mol. The Hall–Kier alpha value is -1.59. The Bertz CT molecular complexity index is 692. The molecule has 0 bridgehead atoms. The van der Waals surface area contributed by atoms with E-state index in [0.717, 1.165) is 17.8 Å². The molecular weight excluding hydrogens is 368 g/mol. The molecule has 1 fully saturated rings. The first kappa shape index (κ1) is 17.2. The summed E-state index contributed by atoms with van der Waals surface area (Å²) < 4.78 is 5.88. The number of halogens is 1. The highest BCUT2D eigenvalue weighted by Crippen LogP contribution is 2.25. The normalized spacial score (nSPS) is 15.6. The van der Waals surface area contributed by atoms with Gasteiger partial charge in [0.2, 0.25) is 0 Å². The fourth-order valence-electron chi connectivity index (χ4n) is 3.32. The largest absolute Gasteiger partial charge is 0.444 e. The van der Waals surface area contributed by atoms with Gasteiger partial charge in [0.05, 0.1) is 0 Å². The standard InChI is InChI=1S/C19H23BrN2O2/c1-22(15-8-3-2-4-9-15)13-14-7-5-6-10-16(14)21-19(23)17-11-12-18(20)24-17/h5-7,10-12,15H,2-4,8-9,13H2,1H3,(H,21,23). The number of hydrogen-bond acceptors (Lipinski definition) is 3. The summed E-state index contributed by atoms with van der Waals surface area (Å²) in [4.78, 5) is 14.7. The Labute approximate surface area is 151 Å². The average Bonchev–Trinajstić information content (AvgIpc) is 3.04. The smallest absolute Gasteiger partial charge is 0.291 e. The first-order chi connectivity index (χ1) is 11.6. The first-order valence-corrected chi connectivity index (χ1v) is 9.27. The summed E-state index contributed by atoms with van der Waals surface area (Å²) in [6, 6.07) is 12.0. The van der Waals surface area contributed by atoms with E-state index >= 15 is 0 Å². The second kappa shape index (κ2) is 7.99. The van der Waals surface area contributed by atoms with E-state index in [4.69, 9.17) is 4.42 Å². The van der Waals surface area contributed by atoms with E-state index in [1.54, 1.807) is 12.1 Å². The molecule has 1 saturated carbocycles. The Kier molecular flexibility index (Phi) is 5.74. The van der Waals surface area contributed by atoms with Gasteiger partial charge in [-0.2, -0.15) is 0 Å². The Balaban J connectivity index is 1.69. The van der Waals surface area contributed by atoms with Crippen molar-refractivity contribution in [2.24, 2.45) is 0 Å². The Morgan fingerprint density at radius 1 is 1.21 bits per heavy atom. The second-order valence-electron chi connectivity index (χ2n) is 6.42. The highest BCUT2D eigenvalue weighted by molar-refractivity contribution is 9.10. The number of carbonyl (C=O) groups is 1. The molecule has 2 aromatic rings. The van der Waals surface area contributed by atoms with Crippen molar-refractivity contribution in [3.05, 3.63) is 52.4 Å². The van der Waals surface area contributed by atoms with Gasteiger partial charge in [0.1, 0.15) is 0 Å². The predicted octanol–water partition coefficient (Wildman–Crippen LogP) is 5.06. The molecule has 1 aliphatic carbocycles. The minimum Gasteiger partial charge on any atom is -0.444 e. The summed E-state index contributed by atoms with van der Waals surface area (Å²) in [5.41, 5.74) is 1.97. The molecule has 4 nitrogen and oxygen atoms in total. The molecular formula is C19H23BrN2O2. The van der Waals surface area contributed by atoms with Crippen LogP contribution in [0.1, 0.15) is 48.2 Å². The molecule has 5 heteroatoms. The summed E-state index contributed by atoms with van der Waals surface area (Å²) in [6.45, 7) is 0.836. The van der Waals surface area contributed by atoms with E-state index in [1.165, 1.54) is 32.1 Å². The number of para-hydroxylation sites is 1. The number of carbonyl (C=O) groups excluding carboxylic acids is 1. The van der Waals surface area contributed by atoms with Crippen LogP contribution in [-0.4, -0.2) is 23.9 Å². The van der Waals surface area contributed by atoms with Crippen molar-refractivity contribution in [1.29, 1.82) is 0 Å². The van der Waals surface area contributed by atoms with Crippen LogP contribution in [0.5, 0.6) is 0 Å². The van der Waals surface area contributed by atoms with Gasteiger partial charge in [-0.3, -0.25) is 9.69 Å². The number of hydrogen-bond donors (Lipinski definition) is 1. The molecule has 0 aliphatic heterocycles. The van der Waals surface area contributed by atoms with E-state index < -0.39 is 0 Å². The fraction of sp³-hybridized carbons (Fsp3) is 0.421. The lowest BCUT2D eigenvalue weighted by molar-refractivity contribution is 0.0995. The van der Waals surface area contributed by atoms with Crippen molar-refractivity contribution < 1.29 is 9.21 Å². The molecule has 24 heavy (non-hydrogen) atoms. The average molecular weight is 391 g/mol. The van der Waals surface area contributed by atoms with E-state index in [2.05, 4.69) is 39.3 Å². The van der Waals surface area contributed by atoms with E-state index in [1.807, 2.05) is 18.2 Å². The second-order valence-corrected chi connectivity index (χ2v) is 7.20. The lowest BCUT2D eigenvalue weighted by atomic mass is 9.94. The summed E-state index contributed by atoms with van der Waals surface area (Å²) in [5, 5.41) is 2.97. The highest BCUT2D eigenvalue weighted by Gasteiger charge is 2.19. The molecule has 1 aromatic carbocycles. The van der Waals surface area contributed by atoms with Crippen molar-refractivity contribution in [2.45, 2.75) is 44.7 Å². The zero-order valence-corrected chi connectivity index (χ0v) is 15.5. The van der Waals surface area contributed by atoms with Crippen LogP contribution in [-0.2, 0) is 6.54 Å². The van der Waals surface area contributed by atoms with Crippen molar-refractivity contribution >= 4 is 27.5 Å². The first-order valence-electron chi connectivity index (χ1n) is 8.48. The van der Waals surface area contributed by atoms with Crippen molar-refractivity contribution in [3.8, 4) is 0 Å². The molecule has 1 aromatic heterocycles. The van der Waals surface area contributed by atoms with Crippen LogP contribution in [0.2, 0.25) is 0 Å². The number of nitrogens with zero attached hydrogens (tertiary/aromatic N) is 1. The molecule has 128 valence electrons. The van der Waals surface area contributed by atoms with Crippen LogP contribution in [0.25, 0.3) is 0 Å². The van der Waals surface area contributed by atoms with Gasteiger partial charge in [0.15, 0.2) is 10.4 Å². The van der Waals surface area contributed by atoms with Gasteiger partial charge < -0.3 is 9.73 Å². The minimum atomic E-state index is -0.228. The Morgan fingerprint density at radius 2 is 1.96 bits per heavy atom. The van der Waals surface area contributed by atoms with Crippen LogP contribution in [0.15, 0.2) is 45.5 Å². The topological polar surface area (TPSA) is 45.5 Å². The molecule has 1 amide bonds. The molecule has 0 unspecified atom stereocenters. The van der Waals surface area contributed by atoms with E-state index in [0.29, 0.717) is 16.5 Å². The highest BCUT2D eigenvalue weighted by atomic mass is 79.9. The number of amides is 1. The van der Waals surface area contributed by atoms with Gasteiger partial charge >= 0.3 is 0 Å². The lowest BCUT2D eigenvalue weighted by Crippen LogP contribution is -2.33. The van der Waals surface area contributed by atoms with Crippen molar-refractivity contribution in [2.75, 3.05) is 12.4 Å². The molecule has 0 radical (unpaired) electrons. The number of nitrogens with one attached hydrogen (secondary N) is 1. The lowest BCUT2D eigenvalue weighted by Gasteiger charge is -2.31. The summed E-state index contributed by atoms with van der Waals surface area (Å²) >= 11 is 3.22. The van der Waals surface area contributed by atoms with Gasteiger partial charge in [-0.1, -0.05) is 37.5 Å². The zero-order chi connectivity index (χ0) is 16.9. The van der Waals surface area contributed by atoms with Crippen LogP contribution < -0.4 is 5.32 Å². The molecule has 0 saturated heterocycles. The summed E-state index contributed by atoms with van der Waals surface area (Å²) in [6.07, 6.45) is 6.54. The van der Waals surface area contributed by atoms with Crippen LogP contribution >= 0.6 is 15.9 Å². The van der Waals surface area contributed by atoms with Crippen LogP contribution in [0.4, 0.5) is 5.69 Å². The maximum Gasteiger partial charge on any atom is 0.291 e. The minimum absolute atomic E-state index is 0.228. The quantitative estimate of drug-likeness (QED) is 0.775. The third kappa shape index (κ3) is 4.28. The van der Waals surface area contributed by atoms with Crippen molar-refractivity contribution in [3.63, 3.8) is 0 Å². The van der Waals surface area contributed by atoms with Gasteiger partial charge in [-0.05, 0) is 59.6 Å². The Morgan fingerprint density at radius 3 is 2.67 bits per heavy atom. The number of anilines is 1. The monoisotopic (exact) mass is 390 g/mol. The number of furan rings is 1. The maximum absolute atomic E-state index is 12.3. The fourth-order valence-corrected chi connectivity index (χ4v) is 3.63. The van der Waals surface area contributed by atoms with Crippen LogP contribution in [0, 0.1) is 0 Å². The number of benzene rings is 1.